The highest BCUT2D eigenvalue weighted by atomic mass is 32.1. The van der Waals surface area contributed by atoms with Crippen LogP contribution >= 0.6 is 11.3 Å². The molecule has 0 saturated heterocycles. The second-order valence-electron chi connectivity index (χ2n) is 3.25. The van der Waals surface area contributed by atoms with Gasteiger partial charge in [-0.1, -0.05) is 0 Å². The molecule has 0 atom stereocenters. The summed E-state index contributed by atoms with van der Waals surface area (Å²) >= 11 is 1.26. The van der Waals surface area contributed by atoms with Crippen LogP contribution in [0.5, 0.6) is 0 Å². The van der Waals surface area contributed by atoms with Crippen LogP contribution in [0.1, 0.15) is 9.67 Å². The molecule has 74 valence electrons. The molecule has 0 amide bonds. The average molecular weight is 210 g/mol. The standard InChI is InChI=1S/C9H10N2O2S/c1-11(2)7-4-5-3-6(9(12)13)14-8(5)10-7/h3-4,10H,1-2H3,(H,12,13). The second-order valence-corrected chi connectivity index (χ2v) is 4.30. The van der Waals surface area contributed by atoms with Crippen molar-refractivity contribution in [1.29, 1.82) is 0 Å². The van der Waals surface area contributed by atoms with E-state index in [9.17, 15) is 4.79 Å². The number of hydrogen-bond acceptors (Lipinski definition) is 3. The van der Waals surface area contributed by atoms with Crippen LogP contribution in [0.15, 0.2) is 12.1 Å². The maximum Gasteiger partial charge on any atom is 0.345 e. The molecule has 0 radical (unpaired) electrons. The van der Waals surface area contributed by atoms with E-state index in [-0.39, 0.29) is 0 Å². The molecule has 4 nitrogen and oxygen atoms in total. The van der Waals surface area contributed by atoms with E-state index in [1.165, 1.54) is 11.3 Å². The van der Waals surface area contributed by atoms with Crippen LogP contribution in [-0.4, -0.2) is 30.2 Å². The molecule has 0 aliphatic heterocycles. The number of nitrogens with one attached hydrogen (secondary N) is 1. The van der Waals surface area contributed by atoms with Gasteiger partial charge in [0.15, 0.2) is 0 Å². The van der Waals surface area contributed by atoms with Gasteiger partial charge in [0.2, 0.25) is 0 Å². The van der Waals surface area contributed by atoms with Gasteiger partial charge in [0.25, 0.3) is 0 Å². The zero-order chi connectivity index (χ0) is 10.3. The Morgan fingerprint density at radius 3 is 2.71 bits per heavy atom. The number of H-pyrrole nitrogens is 1. The molecule has 0 bridgehead atoms. The lowest BCUT2D eigenvalue weighted by molar-refractivity contribution is 0.0702. The first kappa shape index (κ1) is 9.08. The van der Waals surface area contributed by atoms with Crippen LogP contribution in [0.4, 0.5) is 5.82 Å². The molecule has 0 aliphatic rings. The Balaban J connectivity index is 2.50. The third-order valence-electron chi connectivity index (χ3n) is 1.99. The lowest BCUT2D eigenvalue weighted by Gasteiger charge is -2.07. The van der Waals surface area contributed by atoms with Crippen molar-refractivity contribution in [1.82, 2.24) is 4.98 Å². The topological polar surface area (TPSA) is 56.3 Å². The van der Waals surface area contributed by atoms with Gasteiger partial charge in [0.05, 0.1) is 0 Å². The van der Waals surface area contributed by atoms with Gasteiger partial charge in [-0.25, -0.2) is 4.79 Å². The van der Waals surface area contributed by atoms with Gasteiger partial charge >= 0.3 is 5.97 Å². The largest absolute Gasteiger partial charge is 0.477 e. The summed E-state index contributed by atoms with van der Waals surface area (Å²) in [6, 6.07) is 3.63. The Hall–Kier alpha value is -1.49. The summed E-state index contributed by atoms with van der Waals surface area (Å²) in [5, 5.41) is 9.72. The van der Waals surface area contributed by atoms with Crippen molar-refractivity contribution in [3.8, 4) is 0 Å². The van der Waals surface area contributed by atoms with E-state index in [2.05, 4.69) is 4.98 Å². The molecule has 0 spiro atoms. The van der Waals surface area contributed by atoms with Crippen LogP contribution in [0.2, 0.25) is 0 Å². The number of anilines is 1. The number of aromatic carboxylic acids is 1. The van der Waals surface area contributed by atoms with Crippen LogP contribution in [0.25, 0.3) is 10.2 Å². The fourth-order valence-electron chi connectivity index (χ4n) is 1.26. The second kappa shape index (κ2) is 3.02. The van der Waals surface area contributed by atoms with Crippen molar-refractivity contribution in [2.45, 2.75) is 0 Å². The molecular weight excluding hydrogens is 200 g/mol. The van der Waals surface area contributed by atoms with Crippen LogP contribution in [-0.2, 0) is 0 Å². The van der Waals surface area contributed by atoms with E-state index < -0.39 is 5.97 Å². The van der Waals surface area contributed by atoms with Gasteiger partial charge in [-0.05, 0) is 12.1 Å². The van der Waals surface area contributed by atoms with Gasteiger partial charge in [-0.15, -0.1) is 11.3 Å². The van der Waals surface area contributed by atoms with E-state index in [0.717, 1.165) is 16.0 Å². The summed E-state index contributed by atoms with van der Waals surface area (Å²) in [4.78, 5) is 17.1. The highest BCUT2D eigenvalue weighted by Gasteiger charge is 2.11. The quantitative estimate of drug-likeness (QED) is 0.797. The Morgan fingerprint density at radius 1 is 1.50 bits per heavy atom. The normalized spacial score (nSPS) is 10.7. The summed E-state index contributed by atoms with van der Waals surface area (Å²) in [5.74, 6) is 0.120. The van der Waals surface area contributed by atoms with Crippen molar-refractivity contribution in [3.63, 3.8) is 0 Å². The third-order valence-corrected chi connectivity index (χ3v) is 3.04. The zero-order valence-corrected chi connectivity index (χ0v) is 8.68. The van der Waals surface area contributed by atoms with Crippen molar-refractivity contribution >= 4 is 33.3 Å². The molecule has 2 rings (SSSR count). The zero-order valence-electron chi connectivity index (χ0n) is 7.87. The number of fused-ring (bicyclic) bond motifs is 1. The van der Waals surface area contributed by atoms with E-state index in [4.69, 9.17) is 5.11 Å². The summed E-state index contributed by atoms with van der Waals surface area (Å²) in [6.45, 7) is 0. The summed E-state index contributed by atoms with van der Waals surface area (Å²) in [7, 11) is 3.88. The van der Waals surface area contributed by atoms with E-state index in [1.807, 2.05) is 25.1 Å². The fraction of sp³-hybridized carbons (Fsp3) is 0.222. The molecule has 2 aromatic heterocycles. The number of rotatable bonds is 2. The Morgan fingerprint density at radius 2 is 2.21 bits per heavy atom. The molecular formula is C9H10N2O2S. The number of nitrogens with zero attached hydrogens (tertiary/aromatic N) is 1. The van der Waals surface area contributed by atoms with Crippen molar-refractivity contribution < 1.29 is 9.90 Å². The molecule has 0 fully saturated rings. The minimum Gasteiger partial charge on any atom is -0.477 e. The summed E-state index contributed by atoms with van der Waals surface area (Å²) in [6.07, 6.45) is 0. The van der Waals surface area contributed by atoms with Crippen LogP contribution in [0.3, 0.4) is 0 Å². The molecule has 5 heteroatoms. The van der Waals surface area contributed by atoms with E-state index in [0.29, 0.717) is 4.88 Å². The number of carbonyl (C=O) groups is 1. The first-order chi connectivity index (χ1) is 6.58. The van der Waals surface area contributed by atoms with Gasteiger partial charge < -0.3 is 15.0 Å². The van der Waals surface area contributed by atoms with Crippen LogP contribution in [0, 0.1) is 0 Å². The first-order valence-corrected chi connectivity index (χ1v) is 4.93. The maximum absolute atomic E-state index is 10.7. The number of hydrogen-bond donors (Lipinski definition) is 2. The molecule has 0 aliphatic carbocycles. The highest BCUT2D eigenvalue weighted by Crippen LogP contribution is 2.28. The van der Waals surface area contributed by atoms with Crippen molar-refractivity contribution in [2.75, 3.05) is 19.0 Å². The predicted molar refractivity (Wildman–Crippen MR) is 57.5 cm³/mol. The Labute approximate surface area is 84.8 Å². The van der Waals surface area contributed by atoms with E-state index in [1.54, 1.807) is 6.07 Å². The average Bonchev–Trinajstić information content (AvgIpc) is 2.57. The molecule has 0 unspecified atom stereocenters. The Bertz CT molecular complexity index is 452. The minimum atomic E-state index is -0.869. The minimum absolute atomic E-state index is 0.372. The van der Waals surface area contributed by atoms with Gasteiger partial charge in [-0.2, -0.15) is 0 Å². The SMILES string of the molecule is CN(C)c1cc2cc(C(=O)O)sc2[nH]1. The van der Waals surface area contributed by atoms with E-state index >= 15 is 0 Å². The third kappa shape index (κ3) is 1.35. The fourth-order valence-corrected chi connectivity index (χ4v) is 2.14. The molecule has 2 N–H and O–H groups in total. The van der Waals surface area contributed by atoms with Gasteiger partial charge in [0.1, 0.15) is 15.5 Å². The molecule has 14 heavy (non-hydrogen) atoms. The smallest absolute Gasteiger partial charge is 0.345 e. The highest BCUT2D eigenvalue weighted by molar-refractivity contribution is 7.20. The lowest BCUT2D eigenvalue weighted by atomic mass is 10.3. The van der Waals surface area contributed by atoms with Crippen molar-refractivity contribution in [3.05, 3.63) is 17.0 Å². The van der Waals surface area contributed by atoms with Gasteiger partial charge in [-0.3, -0.25) is 0 Å². The number of aromatic nitrogens is 1. The lowest BCUT2D eigenvalue weighted by Crippen LogP contribution is -2.08. The number of thiophene rings is 1. The van der Waals surface area contributed by atoms with Crippen LogP contribution < -0.4 is 4.90 Å². The molecule has 0 aromatic carbocycles. The summed E-state index contributed by atoms with van der Waals surface area (Å²) < 4.78 is 0. The monoisotopic (exact) mass is 210 g/mol. The predicted octanol–water partition coefficient (Wildman–Crippen LogP) is 1.99. The number of carboxylic acid groups (broad SMARTS) is 1. The molecule has 0 saturated carbocycles. The number of carboxylic acids is 1. The first-order valence-electron chi connectivity index (χ1n) is 4.11. The maximum atomic E-state index is 10.7. The molecule has 2 aromatic rings. The Kier molecular flexibility index (Phi) is 1.96. The van der Waals surface area contributed by atoms with Gasteiger partial charge in [0, 0.05) is 19.5 Å². The van der Waals surface area contributed by atoms with Crippen molar-refractivity contribution in [2.24, 2.45) is 0 Å². The molecule has 2 heterocycles. The number of aromatic amines is 1. The summed E-state index contributed by atoms with van der Waals surface area (Å²) in [5.41, 5.74) is 0.